The molecule has 9 nitrogen and oxygen atoms in total. The van der Waals surface area contributed by atoms with E-state index in [2.05, 4.69) is 15.8 Å². The molecule has 9 heteroatoms. The van der Waals surface area contributed by atoms with Crippen LogP contribution in [-0.4, -0.2) is 47.8 Å². The number of carbonyl (C=O) groups excluding carboxylic acids is 3. The first-order valence-electron chi connectivity index (χ1n) is 12.7. The van der Waals surface area contributed by atoms with Crippen LogP contribution in [0.2, 0.25) is 0 Å². The van der Waals surface area contributed by atoms with Crippen LogP contribution in [0.25, 0.3) is 10.9 Å². The number of aryl methyl sites for hydroxylation is 1. The predicted molar refractivity (Wildman–Crippen MR) is 147 cm³/mol. The molecule has 1 heterocycles. The van der Waals surface area contributed by atoms with E-state index in [1.165, 1.54) is 0 Å². The highest BCUT2D eigenvalue weighted by Crippen LogP contribution is 2.24. The quantitative estimate of drug-likeness (QED) is 0.214. The molecule has 0 bridgehead atoms. The monoisotopic (exact) mass is 520 g/mol. The Morgan fingerprint density at radius 1 is 1.05 bits per heavy atom. The lowest BCUT2D eigenvalue weighted by molar-refractivity contribution is -0.143. The third-order valence-electron chi connectivity index (χ3n) is 6.05. The van der Waals surface area contributed by atoms with Crippen LogP contribution in [0.15, 0.2) is 53.6 Å². The summed E-state index contributed by atoms with van der Waals surface area (Å²) in [5.41, 5.74) is 5.94. The fraction of sp³-hybridized carbons (Fsp3) is 0.379. The number of fused-ring (bicyclic) bond motifs is 1. The van der Waals surface area contributed by atoms with Gasteiger partial charge in [-0.2, -0.15) is 5.10 Å². The molecular weight excluding hydrogens is 484 g/mol. The summed E-state index contributed by atoms with van der Waals surface area (Å²) in [6, 6.07) is 14.3. The third-order valence-corrected chi connectivity index (χ3v) is 6.05. The van der Waals surface area contributed by atoms with Gasteiger partial charge in [-0.1, -0.05) is 50.2 Å². The fourth-order valence-corrected chi connectivity index (χ4v) is 4.20. The third kappa shape index (κ3) is 7.44. The van der Waals surface area contributed by atoms with Gasteiger partial charge in [-0.05, 0) is 50.8 Å². The molecule has 0 saturated heterocycles. The molecule has 0 unspecified atom stereocenters. The lowest BCUT2D eigenvalue weighted by Crippen LogP contribution is -2.47. The van der Waals surface area contributed by atoms with Crippen LogP contribution >= 0.6 is 0 Å². The van der Waals surface area contributed by atoms with E-state index < -0.39 is 17.9 Å². The minimum absolute atomic E-state index is 0.0768. The first kappa shape index (κ1) is 28.4. The molecule has 0 spiro atoms. The summed E-state index contributed by atoms with van der Waals surface area (Å²) in [4.78, 5) is 37.6. The van der Waals surface area contributed by atoms with Gasteiger partial charge >= 0.3 is 5.97 Å². The van der Waals surface area contributed by atoms with Crippen LogP contribution in [0.4, 0.5) is 0 Å². The van der Waals surface area contributed by atoms with Gasteiger partial charge in [0, 0.05) is 22.2 Å². The number of ether oxygens (including phenoxy) is 2. The Morgan fingerprint density at radius 2 is 1.76 bits per heavy atom. The zero-order valence-corrected chi connectivity index (χ0v) is 22.6. The molecule has 0 saturated carbocycles. The van der Waals surface area contributed by atoms with Crippen LogP contribution in [0, 0.1) is 19.8 Å². The number of nitrogens with one attached hydrogen (secondary N) is 2. The van der Waals surface area contributed by atoms with Crippen molar-refractivity contribution in [1.29, 1.82) is 0 Å². The second-order valence-electron chi connectivity index (χ2n) is 9.45. The van der Waals surface area contributed by atoms with Crippen molar-refractivity contribution in [3.8, 4) is 5.75 Å². The molecule has 2 amide bonds. The molecule has 3 rings (SSSR count). The molecule has 2 aromatic carbocycles. The SMILES string of the molecule is CCOC(=O)Cn1c(C)c(/C=N\NC(=O)[C@@H](CC(C)C)NC(=O)COc2ccccc2C)c2ccccc21. The van der Waals surface area contributed by atoms with Gasteiger partial charge in [0.25, 0.3) is 11.8 Å². The van der Waals surface area contributed by atoms with Gasteiger partial charge in [-0.3, -0.25) is 14.4 Å². The predicted octanol–water partition coefficient (Wildman–Crippen LogP) is 3.88. The normalized spacial score (nSPS) is 12.1. The first-order chi connectivity index (χ1) is 18.2. The van der Waals surface area contributed by atoms with E-state index in [4.69, 9.17) is 9.47 Å². The molecular formula is C29H36N4O5. The molecule has 1 aromatic heterocycles. The number of carbonyl (C=O) groups is 3. The number of hydrogen-bond acceptors (Lipinski definition) is 6. The van der Waals surface area contributed by atoms with Crippen LogP contribution in [-0.2, 0) is 25.7 Å². The van der Waals surface area contributed by atoms with Crippen molar-refractivity contribution in [3.63, 3.8) is 0 Å². The Hall–Kier alpha value is -4.14. The molecule has 0 fully saturated rings. The number of hydrogen-bond donors (Lipinski definition) is 2. The van der Waals surface area contributed by atoms with Crippen molar-refractivity contribution in [2.24, 2.45) is 11.0 Å². The molecule has 0 aliphatic carbocycles. The lowest BCUT2D eigenvalue weighted by atomic mass is 10.0. The Balaban J connectivity index is 1.70. The van der Waals surface area contributed by atoms with Gasteiger partial charge in [0.2, 0.25) is 0 Å². The van der Waals surface area contributed by atoms with Gasteiger partial charge in [-0.25, -0.2) is 5.43 Å². The number of nitrogens with zero attached hydrogens (tertiary/aromatic N) is 2. The summed E-state index contributed by atoms with van der Waals surface area (Å²) in [5.74, 6) is -0.361. The number of para-hydroxylation sites is 2. The highest BCUT2D eigenvalue weighted by atomic mass is 16.5. The van der Waals surface area contributed by atoms with Crippen molar-refractivity contribution in [1.82, 2.24) is 15.3 Å². The van der Waals surface area contributed by atoms with Gasteiger partial charge < -0.3 is 19.4 Å². The number of esters is 1. The maximum atomic E-state index is 13.0. The summed E-state index contributed by atoms with van der Waals surface area (Å²) in [5, 5.41) is 7.84. The van der Waals surface area contributed by atoms with Gasteiger partial charge in [0.1, 0.15) is 18.3 Å². The Morgan fingerprint density at radius 3 is 2.47 bits per heavy atom. The lowest BCUT2D eigenvalue weighted by Gasteiger charge is -2.19. The van der Waals surface area contributed by atoms with Crippen molar-refractivity contribution in [2.45, 2.75) is 53.6 Å². The fourth-order valence-electron chi connectivity index (χ4n) is 4.20. The van der Waals surface area contributed by atoms with Crippen molar-refractivity contribution in [3.05, 3.63) is 65.4 Å². The summed E-state index contributed by atoms with van der Waals surface area (Å²) in [6.45, 7) is 9.69. The highest BCUT2D eigenvalue weighted by Gasteiger charge is 2.22. The second kappa shape index (κ2) is 13.4. The Kier molecular flexibility index (Phi) is 10.0. The number of aromatic nitrogens is 1. The minimum atomic E-state index is -0.772. The Labute approximate surface area is 223 Å². The molecule has 1 atom stereocenters. The molecule has 0 radical (unpaired) electrons. The number of amides is 2. The van der Waals surface area contributed by atoms with E-state index in [9.17, 15) is 14.4 Å². The average Bonchev–Trinajstić information content (AvgIpc) is 3.13. The maximum absolute atomic E-state index is 13.0. The van der Waals surface area contributed by atoms with E-state index in [0.717, 1.165) is 27.7 Å². The average molecular weight is 521 g/mol. The summed E-state index contributed by atoms with van der Waals surface area (Å²) in [7, 11) is 0. The van der Waals surface area contributed by atoms with E-state index in [1.54, 1.807) is 19.2 Å². The van der Waals surface area contributed by atoms with Crippen molar-refractivity contribution < 1.29 is 23.9 Å². The zero-order chi connectivity index (χ0) is 27.7. The molecule has 2 N–H and O–H groups in total. The molecule has 38 heavy (non-hydrogen) atoms. The Bertz CT molecular complexity index is 1310. The van der Waals surface area contributed by atoms with Crippen molar-refractivity contribution >= 4 is 34.9 Å². The largest absolute Gasteiger partial charge is 0.484 e. The minimum Gasteiger partial charge on any atom is -0.484 e. The number of hydrazone groups is 1. The van der Waals surface area contributed by atoms with Crippen LogP contribution in [0.3, 0.4) is 0 Å². The molecule has 3 aromatic rings. The van der Waals surface area contributed by atoms with E-state index in [1.807, 2.05) is 74.7 Å². The zero-order valence-electron chi connectivity index (χ0n) is 22.6. The van der Waals surface area contributed by atoms with E-state index >= 15 is 0 Å². The summed E-state index contributed by atoms with van der Waals surface area (Å²) >= 11 is 0. The number of benzene rings is 2. The first-order valence-corrected chi connectivity index (χ1v) is 12.7. The van der Waals surface area contributed by atoms with Crippen molar-refractivity contribution in [2.75, 3.05) is 13.2 Å². The van der Waals surface area contributed by atoms with Gasteiger partial charge in [0.15, 0.2) is 6.61 Å². The van der Waals surface area contributed by atoms with Gasteiger partial charge in [0.05, 0.1) is 12.8 Å². The summed E-state index contributed by atoms with van der Waals surface area (Å²) in [6.07, 6.45) is 2.00. The standard InChI is InChI=1S/C29H36N4O5/c1-6-37-28(35)17-33-21(5)23(22-12-8-9-13-25(22)33)16-30-32-29(36)24(15-19(2)3)31-27(34)18-38-26-14-10-7-11-20(26)4/h7-14,16,19,24H,6,15,17-18H2,1-5H3,(H,31,34)(H,32,36)/b30-16-/t24-/m1/s1. The number of rotatable bonds is 12. The molecule has 0 aliphatic heterocycles. The van der Waals surface area contributed by atoms with Crippen LogP contribution in [0.5, 0.6) is 5.75 Å². The van der Waals surface area contributed by atoms with Crippen LogP contribution in [0.1, 0.15) is 44.0 Å². The van der Waals surface area contributed by atoms with Gasteiger partial charge in [-0.15, -0.1) is 0 Å². The summed E-state index contributed by atoms with van der Waals surface area (Å²) < 4.78 is 12.6. The van der Waals surface area contributed by atoms with E-state index in [-0.39, 0.29) is 25.0 Å². The van der Waals surface area contributed by atoms with Crippen LogP contribution < -0.4 is 15.5 Å². The van der Waals surface area contributed by atoms with E-state index in [0.29, 0.717) is 18.8 Å². The smallest absolute Gasteiger partial charge is 0.325 e. The maximum Gasteiger partial charge on any atom is 0.325 e. The highest BCUT2D eigenvalue weighted by molar-refractivity contribution is 6.02. The second-order valence-corrected chi connectivity index (χ2v) is 9.45. The topological polar surface area (TPSA) is 111 Å². The molecule has 202 valence electrons. The molecule has 0 aliphatic rings.